The van der Waals surface area contributed by atoms with Crippen molar-refractivity contribution < 1.29 is 4.48 Å². The molecule has 2 rings (SSSR count). The SMILES string of the molecule is CC[N+](C)(C)C(C)(Cc1ccccc1)c1ccccc1C. The number of nitrogens with zero attached hydrogens (tertiary/aromatic N) is 1. The van der Waals surface area contributed by atoms with Crippen LogP contribution in [0, 0.1) is 6.92 Å². The lowest BCUT2D eigenvalue weighted by Gasteiger charge is -2.47. The lowest BCUT2D eigenvalue weighted by atomic mass is 9.80. The lowest BCUT2D eigenvalue weighted by molar-refractivity contribution is -0.946. The Hall–Kier alpha value is -1.60. The predicted molar refractivity (Wildman–Crippen MR) is 91.3 cm³/mol. The first-order valence-electron chi connectivity index (χ1n) is 7.84. The fourth-order valence-corrected chi connectivity index (χ4v) is 3.15. The van der Waals surface area contributed by atoms with E-state index in [9.17, 15) is 0 Å². The maximum atomic E-state index is 2.41. The van der Waals surface area contributed by atoms with Gasteiger partial charge in [0, 0.05) is 12.0 Å². The van der Waals surface area contributed by atoms with Crippen molar-refractivity contribution in [3.63, 3.8) is 0 Å². The highest BCUT2D eigenvalue weighted by Gasteiger charge is 2.42. The van der Waals surface area contributed by atoms with Gasteiger partial charge >= 0.3 is 0 Å². The second-order valence-corrected chi connectivity index (χ2v) is 6.75. The van der Waals surface area contributed by atoms with Crippen molar-refractivity contribution in [1.82, 2.24) is 0 Å². The van der Waals surface area contributed by atoms with Crippen LogP contribution in [-0.4, -0.2) is 25.1 Å². The molecule has 0 aliphatic carbocycles. The number of hydrogen-bond acceptors (Lipinski definition) is 0. The molecular formula is C20H28N+. The highest BCUT2D eigenvalue weighted by atomic mass is 15.4. The van der Waals surface area contributed by atoms with Crippen LogP contribution < -0.4 is 0 Å². The number of rotatable bonds is 5. The van der Waals surface area contributed by atoms with Crippen LogP contribution in [0.5, 0.6) is 0 Å². The zero-order valence-electron chi connectivity index (χ0n) is 14.1. The molecule has 0 radical (unpaired) electrons. The standard InChI is InChI=1S/C20H28N/c1-6-21(4,5)20(3,16-18-13-8-7-9-14-18)19-15-11-10-12-17(19)2/h7-15H,6,16H2,1-5H3/q+1. The number of quaternary nitrogens is 1. The van der Waals surface area contributed by atoms with Gasteiger partial charge in [-0.15, -0.1) is 0 Å². The molecular weight excluding hydrogens is 254 g/mol. The summed E-state index contributed by atoms with van der Waals surface area (Å²) in [6.07, 6.45) is 1.06. The molecule has 0 saturated carbocycles. The van der Waals surface area contributed by atoms with E-state index < -0.39 is 0 Å². The van der Waals surface area contributed by atoms with Crippen molar-refractivity contribution >= 4 is 0 Å². The van der Waals surface area contributed by atoms with Gasteiger partial charge in [-0.3, -0.25) is 0 Å². The first-order chi connectivity index (χ1) is 9.90. The Bertz CT molecular complexity index is 586. The summed E-state index contributed by atoms with van der Waals surface area (Å²) >= 11 is 0. The summed E-state index contributed by atoms with van der Waals surface area (Å²) in [5.74, 6) is 0. The molecule has 0 spiro atoms. The Morgan fingerprint density at radius 1 is 0.905 bits per heavy atom. The van der Waals surface area contributed by atoms with Crippen LogP contribution >= 0.6 is 0 Å². The average molecular weight is 282 g/mol. The minimum atomic E-state index is 0.0709. The number of aryl methyl sites for hydroxylation is 1. The van der Waals surface area contributed by atoms with E-state index in [1.807, 2.05) is 0 Å². The van der Waals surface area contributed by atoms with E-state index in [2.05, 4.69) is 89.5 Å². The molecule has 1 atom stereocenters. The molecule has 0 amide bonds. The molecule has 1 unspecified atom stereocenters. The van der Waals surface area contributed by atoms with E-state index in [0.29, 0.717) is 0 Å². The molecule has 1 heteroatoms. The zero-order valence-corrected chi connectivity index (χ0v) is 14.1. The third-order valence-corrected chi connectivity index (χ3v) is 5.24. The largest absolute Gasteiger partial charge is 0.320 e. The Balaban J connectivity index is 2.53. The van der Waals surface area contributed by atoms with Gasteiger partial charge in [-0.1, -0.05) is 54.6 Å². The quantitative estimate of drug-likeness (QED) is 0.706. The maximum absolute atomic E-state index is 2.41. The van der Waals surface area contributed by atoms with E-state index in [1.54, 1.807) is 0 Å². The minimum Gasteiger partial charge on any atom is -0.320 e. The van der Waals surface area contributed by atoms with Crippen LogP contribution in [0.15, 0.2) is 54.6 Å². The van der Waals surface area contributed by atoms with E-state index in [0.717, 1.165) is 17.4 Å². The van der Waals surface area contributed by atoms with E-state index in [4.69, 9.17) is 0 Å². The van der Waals surface area contributed by atoms with Gasteiger partial charge in [-0.05, 0) is 31.9 Å². The van der Waals surface area contributed by atoms with Gasteiger partial charge in [0.1, 0.15) is 5.54 Å². The van der Waals surface area contributed by atoms with Crippen molar-refractivity contribution in [2.75, 3.05) is 20.6 Å². The van der Waals surface area contributed by atoms with E-state index in [-0.39, 0.29) is 5.54 Å². The molecule has 0 N–H and O–H groups in total. The molecule has 0 aliphatic rings. The third kappa shape index (κ3) is 3.03. The smallest absolute Gasteiger partial charge is 0.126 e. The molecule has 1 nitrogen and oxygen atoms in total. The van der Waals surface area contributed by atoms with Gasteiger partial charge in [-0.25, -0.2) is 0 Å². The Kier molecular flexibility index (Phi) is 4.53. The van der Waals surface area contributed by atoms with Crippen LogP contribution in [-0.2, 0) is 12.0 Å². The van der Waals surface area contributed by atoms with Crippen molar-refractivity contribution in [3.8, 4) is 0 Å². The van der Waals surface area contributed by atoms with Crippen molar-refractivity contribution in [2.24, 2.45) is 0 Å². The first-order valence-corrected chi connectivity index (χ1v) is 7.84. The minimum absolute atomic E-state index is 0.0709. The van der Waals surface area contributed by atoms with Crippen molar-refractivity contribution in [1.29, 1.82) is 0 Å². The summed E-state index contributed by atoms with van der Waals surface area (Å²) in [6.45, 7) is 8.03. The molecule has 2 aromatic rings. The zero-order chi connectivity index (χ0) is 15.5. The molecule has 112 valence electrons. The number of likely N-dealkylation sites (N-methyl/N-ethyl adjacent to an activating group) is 1. The molecule has 0 aromatic heterocycles. The topological polar surface area (TPSA) is 0 Å². The molecule has 2 aromatic carbocycles. The number of benzene rings is 2. The fraction of sp³-hybridized carbons (Fsp3) is 0.400. The van der Waals surface area contributed by atoms with Crippen LogP contribution in [0.1, 0.15) is 30.5 Å². The highest BCUT2D eigenvalue weighted by Crippen LogP contribution is 2.37. The average Bonchev–Trinajstić information content (AvgIpc) is 2.48. The Morgan fingerprint density at radius 2 is 1.48 bits per heavy atom. The van der Waals surface area contributed by atoms with Crippen molar-refractivity contribution in [3.05, 3.63) is 71.3 Å². The van der Waals surface area contributed by atoms with Gasteiger partial charge in [0.05, 0.1) is 20.6 Å². The normalized spacial score (nSPS) is 14.7. The van der Waals surface area contributed by atoms with Gasteiger partial charge < -0.3 is 4.48 Å². The van der Waals surface area contributed by atoms with Crippen molar-refractivity contribution in [2.45, 2.75) is 32.7 Å². The Labute approximate surface area is 129 Å². The third-order valence-electron chi connectivity index (χ3n) is 5.24. The highest BCUT2D eigenvalue weighted by molar-refractivity contribution is 5.33. The summed E-state index contributed by atoms with van der Waals surface area (Å²) in [5, 5.41) is 0. The summed E-state index contributed by atoms with van der Waals surface area (Å²) in [6, 6.07) is 19.7. The Morgan fingerprint density at radius 3 is 2.05 bits per heavy atom. The molecule has 0 bridgehead atoms. The molecule has 0 aliphatic heterocycles. The second-order valence-electron chi connectivity index (χ2n) is 6.75. The van der Waals surface area contributed by atoms with Gasteiger partial charge in [0.25, 0.3) is 0 Å². The number of hydrogen-bond donors (Lipinski definition) is 0. The lowest BCUT2D eigenvalue weighted by Crippen LogP contribution is -2.57. The molecule has 0 saturated heterocycles. The van der Waals surface area contributed by atoms with Gasteiger partial charge in [0.2, 0.25) is 0 Å². The van der Waals surface area contributed by atoms with E-state index >= 15 is 0 Å². The second kappa shape index (κ2) is 6.03. The van der Waals surface area contributed by atoms with Crippen LogP contribution in [0.3, 0.4) is 0 Å². The van der Waals surface area contributed by atoms with Crippen LogP contribution in [0.2, 0.25) is 0 Å². The predicted octanol–water partition coefficient (Wildman–Crippen LogP) is 4.55. The monoisotopic (exact) mass is 282 g/mol. The fourth-order valence-electron chi connectivity index (χ4n) is 3.15. The maximum Gasteiger partial charge on any atom is 0.126 e. The van der Waals surface area contributed by atoms with Gasteiger partial charge in [0.15, 0.2) is 0 Å². The molecule has 0 fully saturated rings. The summed E-state index contributed by atoms with van der Waals surface area (Å²) in [5.41, 5.74) is 4.32. The first kappa shape index (κ1) is 15.8. The molecule has 0 heterocycles. The summed E-state index contributed by atoms with van der Waals surface area (Å²) in [7, 11) is 4.69. The molecule has 21 heavy (non-hydrogen) atoms. The van der Waals surface area contributed by atoms with Crippen LogP contribution in [0.25, 0.3) is 0 Å². The summed E-state index contributed by atoms with van der Waals surface area (Å²) in [4.78, 5) is 0. The van der Waals surface area contributed by atoms with Crippen LogP contribution in [0.4, 0.5) is 0 Å². The van der Waals surface area contributed by atoms with Gasteiger partial charge in [-0.2, -0.15) is 0 Å². The summed E-state index contributed by atoms with van der Waals surface area (Å²) < 4.78 is 0.979. The van der Waals surface area contributed by atoms with E-state index in [1.165, 1.54) is 16.7 Å².